The van der Waals surface area contributed by atoms with Gasteiger partial charge >= 0.3 is 0 Å². The molecule has 0 N–H and O–H groups in total. The molecular weight excluding hydrogens is 277 g/mol. The fraction of sp³-hybridized carbons (Fsp3) is 0.600. The minimum Gasteiger partial charge on any atom is -0.454 e. The predicted molar refractivity (Wildman–Crippen MR) is 60.6 cm³/mol. The normalized spacial score (nSPS) is 19.2. The van der Waals surface area contributed by atoms with Crippen LogP contribution in [-0.4, -0.2) is 18.0 Å². The number of piperidine rings is 1. The molecule has 0 atom stereocenters. The SMILES string of the molecule is Ic1ccc(CN2CCCCC2)o1. The van der Waals surface area contributed by atoms with Crippen molar-refractivity contribution in [1.29, 1.82) is 0 Å². The van der Waals surface area contributed by atoms with Gasteiger partial charge in [-0.1, -0.05) is 6.42 Å². The fourth-order valence-electron chi connectivity index (χ4n) is 1.77. The van der Waals surface area contributed by atoms with E-state index in [0.717, 1.165) is 16.1 Å². The van der Waals surface area contributed by atoms with E-state index in [9.17, 15) is 0 Å². The molecule has 1 saturated heterocycles. The van der Waals surface area contributed by atoms with E-state index >= 15 is 0 Å². The third kappa shape index (κ3) is 2.71. The summed E-state index contributed by atoms with van der Waals surface area (Å²) >= 11 is 2.21. The van der Waals surface area contributed by atoms with E-state index < -0.39 is 0 Å². The number of likely N-dealkylation sites (tertiary alicyclic amines) is 1. The zero-order valence-electron chi connectivity index (χ0n) is 7.63. The molecule has 0 unspecified atom stereocenters. The number of furan rings is 1. The van der Waals surface area contributed by atoms with Crippen molar-refractivity contribution in [1.82, 2.24) is 4.90 Å². The lowest BCUT2D eigenvalue weighted by Crippen LogP contribution is -2.28. The highest BCUT2D eigenvalue weighted by atomic mass is 127. The maximum absolute atomic E-state index is 5.53. The van der Waals surface area contributed by atoms with Crippen molar-refractivity contribution in [3.8, 4) is 0 Å². The van der Waals surface area contributed by atoms with Crippen LogP contribution < -0.4 is 0 Å². The molecule has 0 bridgehead atoms. The summed E-state index contributed by atoms with van der Waals surface area (Å²) in [6.07, 6.45) is 4.09. The van der Waals surface area contributed by atoms with Gasteiger partial charge in [-0.25, -0.2) is 0 Å². The Labute approximate surface area is 92.4 Å². The Morgan fingerprint density at radius 3 is 2.62 bits per heavy atom. The van der Waals surface area contributed by atoms with Crippen LogP contribution in [0.4, 0.5) is 0 Å². The van der Waals surface area contributed by atoms with Gasteiger partial charge in [-0.2, -0.15) is 0 Å². The lowest BCUT2D eigenvalue weighted by Gasteiger charge is -2.25. The Hall–Kier alpha value is -0.0300. The highest BCUT2D eigenvalue weighted by Gasteiger charge is 2.11. The van der Waals surface area contributed by atoms with Crippen LogP contribution >= 0.6 is 22.6 Å². The Morgan fingerprint density at radius 2 is 2.00 bits per heavy atom. The smallest absolute Gasteiger partial charge is 0.164 e. The zero-order chi connectivity index (χ0) is 9.10. The van der Waals surface area contributed by atoms with Gasteiger partial charge in [-0.3, -0.25) is 4.90 Å². The molecule has 1 aliphatic rings. The van der Waals surface area contributed by atoms with Crippen molar-refractivity contribution < 1.29 is 4.42 Å². The standard InChI is InChI=1S/C10H14INO/c11-10-5-4-9(13-10)8-12-6-2-1-3-7-12/h4-5H,1-3,6-8H2. The van der Waals surface area contributed by atoms with Crippen molar-refractivity contribution in [3.63, 3.8) is 0 Å². The molecule has 3 heteroatoms. The third-order valence-electron chi connectivity index (χ3n) is 2.46. The number of rotatable bonds is 2. The molecule has 2 rings (SSSR count). The molecule has 0 aliphatic carbocycles. The maximum Gasteiger partial charge on any atom is 0.164 e. The first-order valence-corrected chi connectivity index (χ1v) is 5.89. The number of halogens is 1. The topological polar surface area (TPSA) is 16.4 Å². The molecule has 0 radical (unpaired) electrons. The summed E-state index contributed by atoms with van der Waals surface area (Å²) in [7, 11) is 0. The second-order valence-electron chi connectivity index (χ2n) is 3.54. The molecule has 1 aromatic heterocycles. The molecule has 1 aliphatic heterocycles. The molecule has 13 heavy (non-hydrogen) atoms. The zero-order valence-corrected chi connectivity index (χ0v) is 9.79. The molecule has 0 amide bonds. The van der Waals surface area contributed by atoms with Crippen molar-refractivity contribution >= 4 is 22.6 Å². The summed E-state index contributed by atoms with van der Waals surface area (Å²) in [6.45, 7) is 3.46. The quantitative estimate of drug-likeness (QED) is 0.779. The summed E-state index contributed by atoms with van der Waals surface area (Å²) in [6, 6.07) is 4.11. The van der Waals surface area contributed by atoms with Gasteiger partial charge in [0, 0.05) is 0 Å². The molecule has 1 aromatic rings. The summed E-state index contributed by atoms with van der Waals surface area (Å²) < 4.78 is 6.52. The van der Waals surface area contributed by atoms with Gasteiger partial charge in [0.15, 0.2) is 3.77 Å². The van der Waals surface area contributed by atoms with Crippen LogP contribution in [0.2, 0.25) is 0 Å². The highest BCUT2D eigenvalue weighted by Crippen LogP contribution is 2.15. The monoisotopic (exact) mass is 291 g/mol. The lowest BCUT2D eigenvalue weighted by molar-refractivity contribution is 0.204. The Balaban J connectivity index is 1.89. The van der Waals surface area contributed by atoms with Gasteiger partial charge in [0.1, 0.15) is 5.76 Å². The number of nitrogens with zero attached hydrogens (tertiary/aromatic N) is 1. The van der Waals surface area contributed by atoms with Crippen molar-refractivity contribution in [3.05, 3.63) is 21.7 Å². The largest absolute Gasteiger partial charge is 0.454 e. The second-order valence-corrected chi connectivity index (χ2v) is 4.61. The van der Waals surface area contributed by atoms with Gasteiger partial charge in [0.2, 0.25) is 0 Å². The number of hydrogen-bond donors (Lipinski definition) is 0. The summed E-state index contributed by atoms with van der Waals surface area (Å²) in [5.41, 5.74) is 0. The average Bonchev–Trinajstić information content (AvgIpc) is 2.53. The summed E-state index contributed by atoms with van der Waals surface area (Å²) in [4.78, 5) is 2.47. The van der Waals surface area contributed by atoms with E-state index in [1.807, 2.05) is 6.07 Å². The lowest BCUT2D eigenvalue weighted by atomic mass is 10.1. The van der Waals surface area contributed by atoms with Crippen LogP contribution in [0, 0.1) is 3.77 Å². The minimum absolute atomic E-state index is 0.989. The van der Waals surface area contributed by atoms with Gasteiger partial charge in [0.25, 0.3) is 0 Å². The fourth-order valence-corrected chi connectivity index (χ4v) is 2.24. The molecule has 0 spiro atoms. The van der Waals surface area contributed by atoms with Gasteiger partial charge < -0.3 is 4.42 Å². The minimum atomic E-state index is 0.989. The van der Waals surface area contributed by atoms with E-state index in [4.69, 9.17) is 4.42 Å². The Bertz CT molecular complexity index is 266. The molecular formula is C10H14INO. The molecule has 0 aromatic carbocycles. The van der Waals surface area contributed by atoms with E-state index in [0.29, 0.717) is 0 Å². The van der Waals surface area contributed by atoms with Gasteiger partial charge in [-0.05, 0) is 60.7 Å². The first-order valence-electron chi connectivity index (χ1n) is 4.81. The van der Waals surface area contributed by atoms with Crippen LogP contribution in [0.3, 0.4) is 0 Å². The predicted octanol–water partition coefficient (Wildman–Crippen LogP) is 2.87. The molecule has 1 fully saturated rings. The van der Waals surface area contributed by atoms with Crippen molar-refractivity contribution in [2.75, 3.05) is 13.1 Å². The summed E-state index contributed by atoms with van der Waals surface area (Å²) in [5, 5.41) is 0. The molecule has 2 nitrogen and oxygen atoms in total. The Morgan fingerprint density at radius 1 is 1.23 bits per heavy atom. The maximum atomic E-state index is 5.53. The Kier molecular flexibility index (Phi) is 3.27. The average molecular weight is 291 g/mol. The second kappa shape index (κ2) is 4.46. The van der Waals surface area contributed by atoms with Crippen LogP contribution in [0.15, 0.2) is 16.5 Å². The van der Waals surface area contributed by atoms with Gasteiger partial charge in [-0.15, -0.1) is 0 Å². The first kappa shape index (κ1) is 9.52. The van der Waals surface area contributed by atoms with Crippen molar-refractivity contribution in [2.45, 2.75) is 25.8 Å². The first-order chi connectivity index (χ1) is 6.34. The molecule has 72 valence electrons. The van der Waals surface area contributed by atoms with E-state index in [1.54, 1.807) is 0 Å². The van der Waals surface area contributed by atoms with Gasteiger partial charge in [0.05, 0.1) is 6.54 Å². The van der Waals surface area contributed by atoms with E-state index in [-0.39, 0.29) is 0 Å². The third-order valence-corrected chi connectivity index (χ3v) is 3.04. The van der Waals surface area contributed by atoms with E-state index in [1.165, 1.54) is 32.4 Å². The molecule has 2 heterocycles. The summed E-state index contributed by atoms with van der Waals surface area (Å²) in [5.74, 6) is 1.10. The van der Waals surface area contributed by atoms with Crippen molar-refractivity contribution in [2.24, 2.45) is 0 Å². The van der Waals surface area contributed by atoms with Crippen LogP contribution in [-0.2, 0) is 6.54 Å². The molecule has 0 saturated carbocycles. The van der Waals surface area contributed by atoms with Crippen LogP contribution in [0.1, 0.15) is 25.0 Å². The van der Waals surface area contributed by atoms with Crippen LogP contribution in [0.5, 0.6) is 0 Å². The highest BCUT2D eigenvalue weighted by molar-refractivity contribution is 14.1. The number of hydrogen-bond acceptors (Lipinski definition) is 2. The van der Waals surface area contributed by atoms with E-state index in [2.05, 4.69) is 33.6 Å². The van der Waals surface area contributed by atoms with Crippen LogP contribution in [0.25, 0.3) is 0 Å².